The van der Waals surface area contributed by atoms with Crippen LogP contribution >= 0.6 is 0 Å². The number of aliphatic hydroxyl groups is 1. The van der Waals surface area contributed by atoms with Crippen molar-refractivity contribution in [2.75, 3.05) is 33.8 Å². The van der Waals surface area contributed by atoms with E-state index in [2.05, 4.69) is 11.6 Å². The molecule has 1 N–H and O–H groups in total. The minimum absolute atomic E-state index is 0.0616. The van der Waals surface area contributed by atoms with E-state index < -0.39 is 17.7 Å². The number of likely N-dealkylation sites (tertiary alicyclic amines) is 1. The van der Waals surface area contributed by atoms with E-state index in [1.807, 2.05) is 19.0 Å². The largest absolute Gasteiger partial charge is 0.507 e. The number of rotatable bonds is 8. The van der Waals surface area contributed by atoms with Crippen LogP contribution in [-0.4, -0.2) is 65.4 Å². The number of carbonyl (C=O) groups is 2. The number of likely N-dealkylation sites (N-methyl/N-ethyl adjacent to an activating group) is 1. The van der Waals surface area contributed by atoms with Crippen molar-refractivity contribution in [2.24, 2.45) is 0 Å². The number of Topliss-reactive ketones (excluding diaryl/α,β-unsaturated/α-hetero) is 1. The van der Waals surface area contributed by atoms with E-state index in [0.29, 0.717) is 36.6 Å². The molecule has 1 saturated heterocycles. The van der Waals surface area contributed by atoms with Gasteiger partial charge in [-0.2, -0.15) is 0 Å². The number of nitrogens with zero attached hydrogens (tertiary/aromatic N) is 3. The number of carbonyl (C=O) groups excluding carboxylic acids is 2. The first kappa shape index (κ1) is 21.3. The summed E-state index contributed by atoms with van der Waals surface area (Å²) in [4.78, 5) is 33.2. The number of ether oxygens (including phenoxy) is 1. The van der Waals surface area contributed by atoms with Crippen molar-refractivity contribution in [1.29, 1.82) is 0 Å². The lowest BCUT2D eigenvalue weighted by atomic mass is 9.96. The van der Waals surface area contributed by atoms with Gasteiger partial charge in [0.05, 0.1) is 11.6 Å². The van der Waals surface area contributed by atoms with Crippen LogP contribution < -0.4 is 4.74 Å². The van der Waals surface area contributed by atoms with E-state index in [-0.39, 0.29) is 11.3 Å². The maximum atomic E-state index is 12.9. The maximum Gasteiger partial charge on any atom is 0.295 e. The third-order valence-corrected chi connectivity index (χ3v) is 4.82. The van der Waals surface area contributed by atoms with Gasteiger partial charge in [0.25, 0.3) is 11.7 Å². The number of pyridine rings is 1. The van der Waals surface area contributed by atoms with Gasteiger partial charge in [0.15, 0.2) is 0 Å². The van der Waals surface area contributed by atoms with Crippen molar-refractivity contribution >= 4 is 17.4 Å². The van der Waals surface area contributed by atoms with Gasteiger partial charge in [-0.3, -0.25) is 14.6 Å². The second-order valence-electron chi connectivity index (χ2n) is 7.21. The third-order valence-electron chi connectivity index (χ3n) is 4.82. The van der Waals surface area contributed by atoms with Crippen molar-refractivity contribution in [2.45, 2.75) is 6.04 Å². The number of aliphatic hydroxyl groups excluding tert-OH is 1. The molecule has 1 amide bonds. The average molecular weight is 407 g/mol. The van der Waals surface area contributed by atoms with Crippen LogP contribution in [0.4, 0.5) is 0 Å². The molecule has 1 atom stereocenters. The van der Waals surface area contributed by atoms with E-state index in [1.54, 1.807) is 54.9 Å². The molecule has 2 aromatic rings. The SMILES string of the molecule is C=CCOc1ccc(/C(O)=C2\C(=O)C(=O)N(CCN(C)C)C2c2cccnc2)cc1. The minimum atomic E-state index is -0.702. The van der Waals surface area contributed by atoms with Crippen LogP contribution in [0.15, 0.2) is 67.0 Å². The Morgan fingerprint density at radius 2 is 2.00 bits per heavy atom. The van der Waals surface area contributed by atoms with E-state index in [1.165, 1.54) is 4.90 Å². The molecule has 7 heteroatoms. The topological polar surface area (TPSA) is 83.0 Å². The Bertz CT molecular complexity index is 952. The first-order valence-corrected chi connectivity index (χ1v) is 9.61. The smallest absolute Gasteiger partial charge is 0.295 e. The zero-order valence-corrected chi connectivity index (χ0v) is 17.1. The van der Waals surface area contributed by atoms with E-state index in [4.69, 9.17) is 4.74 Å². The van der Waals surface area contributed by atoms with E-state index >= 15 is 0 Å². The van der Waals surface area contributed by atoms with Crippen LogP contribution in [0.1, 0.15) is 17.2 Å². The molecule has 2 heterocycles. The molecule has 0 bridgehead atoms. The standard InChI is InChI=1S/C23H25N3O4/c1-4-14-30-18-9-7-16(8-10-18)21(27)19-20(17-6-5-11-24-15-17)26(13-12-25(2)3)23(29)22(19)28/h4-11,15,20,27H,1,12-14H2,2-3H3/b21-19+. The molecular formula is C23H25N3O4. The summed E-state index contributed by atoms with van der Waals surface area (Å²) in [6.07, 6.45) is 4.87. The summed E-state index contributed by atoms with van der Waals surface area (Å²) in [5, 5.41) is 11.0. The second-order valence-corrected chi connectivity index (χ2v) is 7.21. The average Bonchev–Trinajstić information content (AvgIpc) is 3.01. The highest BCUT2D eigenvalue weighted by atomic mass is 16.5. The third kappa shape index (κ3) is 4.41. The first-order valence-electron chi connectivity index (χ1n) is 9.61. The summed E-state index contributed by atoms with van der Waals surface area (Å²) in [7, 11) is 3.79. The summed E-state index contributed by atoms with van der Waals surface area (Å²) >= 11 is 0. The van der Waals surface area contributed by atoms with Crippen molar-refractivity contribution < 1.29 is 19.4 Å². The summed E-state index contributed by atoms with van der Waals surface area (Å²) < 4.78 is 5.46. The predicted octanol–water partition coefficient (Wildman–Crippen LogP) is 2.63. The van der Waals surface area contributed by atoms with Gasteiger partial charge in [-0.25, -0.2) is 0 Å². The molecule has 1 fully saturated rings. The summed E-state index contributed by atoms with van der Waals surface area (Å²) in [5.74, 6) is -0.934. The van der Waals surface area contributed by atoms with E-state index in [9.17, 15) is 14.7 Å². The first-order chi connectivity index (χ1) is 14.4. The molecule has 1 unspecified atom stereocenters. The van der Waals surface area contributed by atoms with Crippen molar-refractivity contribution in [3.8, 4) is 5.75 Å². The summed E-state index contributed by atoms with van der Waals surface area (Å²) in [6.45, 7) is 4.90. The number of amides is 1. The molecular weight excluding hydrogens is 382 g/mol. The van der Waals surface area contributed by atoms with Crippen LogP contribution in [0.2, 0.25) is 0 Å². The fraction of sp³-hybridized carbons (Fsp3) is 0.261. The Balaban J connectivity index is 2.03. The van der Waals surface area contributed by atoms with E-state index in [0.717, 1.165) is 0 Å². The molecule has 1 aromatic carbocycles. The molecule has 1 aliphatic heterocycles. The highest BCUT2D eigenvalue weighted by Crippen LogP contribution is 2.39. The van der Waals surface area contributed by atoms with Gasteiger partial charge < -0.3 is 19.6 Å². The molecule has 0 saturated carbocycles. The zero-order valence-electron chi connectivity index (χ0n) is 17.1. The van der Waals surface area contributed by atoms with Crippen LogP contribution in [-0.2, 0) is 9.59 Å². The van der Waals surface area contributed by atoms with Gasteiger partial charge in [0, 0.05) is 31.0 Å². The molecule has 0 radical (unpaired) electrons. The highest BCUT2D eigenvalue weighted by Gasteiger charge is 2.45. The van der Waals surface area contributed by atoms with Gasteiger partial charge in [0.2, 0.25) is 0 Å². The number of hydrogen-bond donors (Lipinski definition) is 1. The summed E-state index contributed by atoms with van der Waals surface area (Å²) in [5.41, 5.74) is 1.16. The quantitative estimate of drug-likeness (QED) is 0.314. The zero-order chi connectivity index (χ0) is 21.7. The molecule has 1 aromatic heterocycles. The lowest BCUT2D eigenvalue weighted by molar-refractivity contribution is -0.140. The number of hydrogen-bond acceptors (Lipinski definition) is 6. The molecule has 0 spiro atoms. The Labute approximate surface area is 175 Å². The normalized spacial score (nSPS) is 18.1. The Morgan fingerprint density at radius 3 is 2.60 bits per heavy atom. The number of benzene rings is 1. The van der Waals surface area contributed by atoms with Crippen LogP contribution in [0.5, 0.6) is 5.75 Å². The molecule has 3 rings (SSSR count). The fourth-order valence-electron chi connectivity index (χ4n) is 3.32. The van der Waals surface area contributed by atoms with Crippen molar-refractivity contribution in [3.63, 3.8) is 0 Å². The molecule has 30 heavy (non-hydrogen) atoms. The Kier molecular flexibility index (Phi) is 6.64. The van der Waals surface area contributed by atoms with Gasteiger partial charge in [-0.1, -0.05) is 18.7 Å². The lowest BCUT2D eigenvalue weighted by Crippen LogP contribution is -2.35. The maximum absolute atomic E-state index is 12.9. The predicted molar refractivity (Wildman–Crippen MR) is 114 cm³/mol. The van der Waals surface area contributed by atoms with Crippen molar-refractivity contribution in [1.82, 2.24) is 14.8 Å². The summed E-state index contributed by atoms with van der Waals surface area (Å²) in [6, 6.07) is 9.54. The van der Waals surface area contributed by atoms with Gasteiger partial charge in [-0.05, 0) is 50.0 Å². The van der Waals surface area contributed by atoms with Gasteiger partial charge >= 0.3 is 0 Å². The molecule has 1 aliphatic rings. The van der Waals surface area contributed by atoms with Crippen LogP contribution in [0.3, 0.4) is 0 Å². The number of aromatic nitrogens is 1. The van der Waals surface area contributed by atoms with Gasteiger partial charge in [-0.15, -0.1) is 0 Å². The molecule has 7 nitrogen and oxygen atoms in total. The monoisotopic (exact) mass is 407 g/mol. The number of ketones is 1. The Hall–Kier alpha value is -3.45. The van der Waals surface area contributed by atoms with Crippen LogP contribution in [0.25, 0.3) is 5.76 Å². The van der Waals surface area contributed by atoms with Crippen molar-refractivity contribution in [3.05, 3.63) is 78.1 Å². The molecule has 0 aliphatic carbocycles. The molecule has 156 valence electrons. The highest BCUT2D eigenvalue weighted by molar-refractivity contribution is 6.46. The van der Waals surface area contributed by atoms with Crippen LogP contribution in [0, 0.1) is 0 Å². The second kappa shape index (κ2) is 9.37. The Morgan fingerprint density at radius 1 is 1.27 bits per heavy atom. The van der Waals surface area contributed by atoms with Gasteiger partial charge in [0.1, 0.15) is 18.1 Å². The lowest BCUT2D eigenvalue weighted by Gasteiger charge is -2.26. The fourth-order valence-corrected chi connectivity index (χ4v) is 3.32. The minimum Gasteiger partial charge on any atom is -0.507 e.